The first-order valence-corrected chi connectivity index (χ1v) is 8.98. The summed E-state index contributed by atoms with van der Waals surface area (Å²) in [5.74, 6) is 0.473. The predicted molar refractivity (Wildman–Crippen MR) is 91.7 cm³/mol. The third kappa shape index (κ3) is 3.63. The second-order valence-electron chi connectivity index (χ2n) is 6.60. The molecule has 23 heavy (non-hydrogen) atoms. The molecule has 1 aromatic heterocycles. The molecule has 0 aliphatic heterocycles. The first-order chi connectivity index (χ1) is 11.3. The summed E-state index contributed by atoms with van der Waals surface area (Å²) in [5.41, 5.74) is 4.29. The number of rotatable bonds is 6. The van der Waals surface area contributed by atoms with E-state index in [1.807, 2.05) is 4.68 Å². The maximum absolute atomic E-state index is 9.63. The van der Waals surface area contributed by atoms with E-state index in [0.29, 0.717) is 5.92 Å². The lowest BCUT2D eigenvalue weighted by atomic mass is 9.86. The van der Waals surface area contributed by atoms with Crippen LogP contribution < -0.4 is 0 Å². The number of benzene rings is 1. The molecule has 124 valence electrons. The molecule has 1 heterocycles. The summed E-state index contributed by atoms with van der Waals surface area (Å²) < 4.78 is 1.95. The van der Waals surface area contributed by atoms with E-state index in [4.69, 9.17) is 0 Å². The Bertz CT molecular complexity index is 612. The summed E-state index contributed by atoms with van der Waals surface area (Å²) in [5, 5.41) is 18.2. The molecule has 0 amide bonds. The summed E-state index contributed by atoms with van der Waals surface area (Å²) in [6, 6.07) is 8.65. The summed E-state index contributed by atoms with van der Waals surface area (Å²) in [7, 11) is 0. The van der Waals surface area contributed by atoms with Crippen molar-refractivity contribution in [2.75, 3.05) is 0 Å². The number of nitrogens with zero attached hydrogens (tertiary/aromatic N) is 3. The molecule has 3 rings (SSSR count). The smallest absolute Gasteiger partial charge is 0.112 e. The van der Waals surface area contributed by atoms with Gasteiger partial charge in [0.25, 0.3) is 0 Å². The van der Waals surface area contributed by atoms with Crippen LogP contribution in [0, 0.1) is 0 Å². The van der Waals surface area contributed by atoms with Gasteiger partial charge < -0.3 is 5.11 Å². The summed E-state index contributed by atoms with van der Waals surface area (Å²) in [6.45, 7) is 2.19. The first kappa shape index (κ1) is 16.2. The topological polar surface area (TPSA) is 50.9 Å². The Hall–Kier alpha value is -1.68. The van der Waals surface area contributed by atoms with Crippen LogP contribution in [-0.4, -0.2) is 20.1 Å². The fourth-order valence-electron chi connectivity index (χ4n) is 3.59. The predicted octanol–water partition coefficient (Wildman–Crippen LogP) is 4.15. The Labute approximate surface area is 138 Å². The van der Waals surface area contributed by atoms with E-state index in [1.165, 1.54) is 50.5 Å². The molecule has 4 heteroatoms. The Morgan fingerprint density at radius 1 is 1.13 bits per heavy atom. The standard InChI is InChI=1S/C19H27N3O/c1-2-3-7-15-10-12-17(13-11-15)22-19(18(14-23)20-21-22)16-8-5-4-6-9-16/h10-13,16,23H,2-9,14H2,1H3. The van der Waals surface area contributed by atoms with E-state index < -0.39 is 0 Å². The fraction of sp³-hybridized carbons (Fsp3) is 0.579. The van der Waals surface area contributed by atoms with Gasteiger partial charge in [0.1, 0.15) is 5.69 Å². The minimum atomic E-state index is -0.0274. The number of unbranched alkanes of at least 4 members (excludes halogenated alkanes) is 1. The van der Waals surface area contributed by atoms with E-state index in [1.54, 1.807) is 0 Å². The van der Waals surface area contributed by atoms with Crippen molar-refractivity contribution >= 4 is 0 Å². The zero-order valence-electron chi connectivity index (χ0n) is 14.0. The van der Waals surface area contributed by atoms with Crippen LogP contribution >= 0.6 is 0 Å². The maximum Gasteiger partial charge on any atom is 0.112 e. The van der Waals surface area contributed by atoms with Crippen LogP contribution in [0.4, 0.5) is 0 Å². The molecule has 1 aromatic carbocycles. The second-order valence-corrected chi connectivity index (χ2v) is 6.60. The Morgan fingerprint density at radius 2 is 1.87 bits per heavy atom. The van der Waals surface area contributed by atoms with Crippen molar-refractivity contribution in [2.24, 2.45) is 0 Å². The van der Waals surface area contributed by atoms with Crippen molar-refractivity contribution in [3.05, 3.63) is 41.2 Å². The Kier molecular flexibility index (Phi) is 5.44. The molecule has 0 saturated heterocycles. The maximum atomic E-state index is 9.63. The molecular weight excluding hydrogens is 286 g/mol. The van der Waals surface area contributed by atoms with Crippen LogP contribution in [0.1, 0.15) is 74.7 Å². The van der Waals surface area contributed by atoms with Gasteiger partial charge in [-0.1, -0.05) is 50.0 Å². The molecule has 1 aliphatic rings. The van der Waals surface area contributed by atoms with Crippen LogP contribution in [0.5, 0.6) is 0 Å². The summed E-state index contributed by atoms with van der Waals surface area (Å²) in [6.07, 6.45) is 9.77. The van der Waals surface area contributed by atoms with Gasteiger partial charge in [-0.15, -0.1) is 5.10 Å². The highest BCUT2D eigenvalue weighted by molar-refractivity contribution is 5.37. The number of aliphatic hydroxyl groups excluding tert-OH is 1. The van der Waals surface area contributed by atoms with Crippen LogP contribution in [-0.2, 0) is 13.0 Å². The lowest BCUT2D eigenvalue weighted by Gasteiger charge is -2.23. The fourth-order valence-corrected chi connectivity index (χ4v) is 3.59. The van der Waals surface area contributed by atoms with Gasteiger partial charge in [-0.05, 0) is 43.4 Å². The van der Waals surface area contributed by atoms with E-state index in [9.17, 15) is 5.11 Å². The third-order valence-corrected chi connectivity index (χ3v) is 4.92. The number of aliphatic hydroxyl groups is 1. The number of aromatic nitrogens is 3. The SMILES string of the molecule is CCCCc1ccc(-n2nnc(CO)c2C2CCCCC2)cc1. The minimum Gasteiger partial charge on any atom is -0.390 e. The molecule has 1 N–H and O–H groups in total. The van der Waals surface area contributed by atoms with Crippen molar-refractivity contribution in [3.63, 3.8) is 0 Å². The van der Waals surface area contributed by atoms with Crippen molar-refractivity contribution in [3.8, 4) is 5.69 Å². The van der Waals surface area contributed by atoms with Gasteiger partial charge in [-0.25, -0.2) is 4.68 Å². The normalized spacial score (nSPS) is 15.9. The molecule has 0 radical (unpaired) electrons. The lowest BCUT2D eigenvalue weighted by molar-refractivity contribution is 0.273. The van der Waals surface area contributed by atoms with Gasteiger partial charge in [0.15, 0.2) is 0 Å². The van der Waals surface area contributed by atoms with Crippen LogP contribution in [0.25, 0.3) is 5.69 Å². The van der Waals surface area contributed by atoms with E-state index in [-0.39, 0.29) is 6.61 Å². The highest BCUT2D eigenvalue weighted by atomic mass is 16.3. The molecule has 1 fully saturated rings. The first-order valence-electron chi connectivity index (χ1n) is 8.98. The molecule has 0 spiro atoms. The monoisotopic (exact) mass is 313 g/mol. The quantitative estimate of drug-likeness (QED) is 0.871. The Morgan fingerprint density at radius 3 is 2.52 bits per heavy atom. The van der Waals surface area contributed by atoms with Crippen LogP contribution in [0.3, 0.4) is 0 Å². The summed E-state index contributed by atoms with van der Waals surface area (Å²) in [4.78, 5) is 0. The Balaban J connectivity index is 1.88. The average molecular weight is 313 g/mol. The molecule has 0 unspecified atom stereocenters. The van der Waals surface area contributed by atoms with Crippen LogP contribution in [0.2, 0.25) is 0 Å². The molecule has 1 saturated carbocycles. The minimum absolute atomic E-state index is 0.0274. The van der Waals surface area contributed by atoms with Crippen LogP contribution in [0.15, 0.2) is 24.3 Å². The zero-order chi connectivity index (χ0) is 16.1. The zero-order valence-corrected chi connectivity index (χ0v) is 14.0. The molecule has 2 aromatic rings. The largest absolute Gasteiger partial charge is 0.390 e. The van der Waals surface area contributed by atoms with Gasteiger partial charge in [0, 0.05) is 5.92 Å². The molecule has 4 nitrogen and oxygen atoms in total. The van der Waals surface area contributed by atoms with Gasteiger partial charge in [-0.2, -0.15) is 0 Å². The number of hydrogen-bond donors (Lipinski definition) is 1. The summed E-state index contributed by atoms with van der Waals surface area (Å²) >= 11 is 0. The lowest BCUT2D eigenvalue weighted by Crippen LogP contribution is -2.13. The molecular formula is C19H27N3O. The molecule has 1 aliphatic carbocycles. The second kappa shape index (κ2) is 7.73. The number of aryl methyl sites for hydroxylation is 1. The molecule has 0 bridgehead atoms. The van der Waals surface area contributed by atoms with Gasteiger partial charge in [0.2, 0.25) is 0 Å². The van der Waals surface area contributed by atoms with Gasteiger partial charge in [0.05, 0.1) is 18.0 Å². The molecule has 0 atom stereocenters. The highest BCUT2D eigenvalue weighted by Crippen LogP contribution is 2.34. The van der Waals surface area contributed by atoms with Gasteiger partial charge >= 0.3 is 0 Å². The van der Waals surface area contributed by atoms with E-state index >= 15 is 0 Å². The highest BCUT2D eigenvalue weighted by Gasteiger charge is 2.24. The van der Waals surface area contributed by atoms with E-state index in [2.05, 4.69) is 41.5 Å². The van der Waals surface area contributed by atoms with E-state index in [0.717, 1.165) is 23.5 Å². The van der Waals surface area contributed by atoms with Crippen molar-refractivity contribution in [1.82, 2.24) is 15.0 Å². The average Bonchev–Trinajstić information content (AvgIpc) is 3.05. The number of hydrogen-bond acceptors (Lipinski definition) is 3. The third-order valence-electron chi connectivity index (χ3n) is 4.92. The van der Waals surface area contributed by atoms with Crippen molar-refractivity contribution < 1.29 is 5.11 Å². The van der Waals surface area contributed by atoms with Gasteiger partial charge in [-0.3, -0.25) is 0 Å². The van der Waals surface area contributed by atoms with Crippen molar-refractivity contribution in [2.45, 2.75) is 70.8 Å². The van der Waals surface area contributed by atoms with Crippen molar-refractivity contribution in [1.29, 1.82) is 0 Å².